The Morgan fingerprint density at radius 2 is 1.86 bits per heavy atom. The van der Waals surface area contributed by atoms with Crippen molar-refractivity contribution in [2.75, 3.05) is 16.5 Å². The van der Waals surface area contributed by atoms with E-state index in [-0.39, 0.29) is 11.7 Å². The van der Waals surface area contributed by atoms with Crippen molar-refractivity contribution in [1.29, 1.82) is 0 Å². The highest BCUT2D eigenvalue weighted by Crippen LogP contribution is 2.26. The van der Waals surface area contributed by atoms with Crippen molar-refractivity contribution >= 4 is 23.5 Å². The van der Waals surface area contributed by atoms with E-state index in [1.807, 2.05) is 30.3 Å². The number of benzene rings is 2. The van der Waals surface area contributed by atoms with E-state index >= 15 is 0 Å². The van der Waals surface area contributed by atoms with Crippen molar-refractivity contribution in [3.8, 4) is 18.1 Å². The number of hydrogen-bond donors (Lipinski definition) is 2. The number of terminal acetylenes is 1. The van der Waals surface area contributed by atoms with Crippen LogP contribution in [0.15, 0.2) is 54.6 Å². The number of alkyl halides is 3. The van der Waals surface area contributed by atoms with Crippen LogP contribution in [0.25, 0.3) is 0 Å². The highest BCUT2D eigenvalue weighted by molar-refractivity contribution is 7.99. The summed E-state index contributed by atoms with van der Waals surface area (Å²) in [5, 5.41) is 1.07. The average Bonchev–Trinajstić information content (AvgIpc) is 2.65. The number of nitrogens with two attached hydrogens (primary N) is 1. The number of anilines is 1. The van der Waals surface area contributed by atoms with Crippen LogP contribution in [0.3, 0.4) is 0 Å². The number of ether oxygens (including phenoxy) is 1. The van der Waals surface area contributed by atoms with Crippen molar-refractivity contribution < 1.29 is 22.7 Å². The third kappa shape index (κ3) is 6.72. The van der Waals surface area contributed by atoms with Crippen molar-refractivity contribution in [3.63, 3.8) is 0 Å². The zero-order valence-electron chi connectivity index (χ0n) is 14.6. The van der Waals surface area contributed by atoms with Crippen LogP contribution in [0.5, 0.6) is 5.75 Å². The first kappa shape index (κ1) is 21.5. The fourth-order valence-electron chi connectivity index (χ4n) is 2.35. The number of nitrogens with zero attached hydrogens (tertiary/aromatic N) is 1. The molecule has 2 aromatic carbocycles. The maximum absolute atomic E-state index is 12.3. The molecule has 0 aromatic heterocycles. The van der Waals surface area contributed by atoms with Crippen LogP contribution in [0.1, 0.15) is 11.6 Å². The van der Waals surface area contributed by atoms with E-state index < -0.39 is 18.1 Å². The Balaban J connectivity index is 2.21. The van der Waals surface area contributed by atoms with E-state index in [2.05, 4.69) is 16.1 Å². The molecule has 0 bridgehead atoms. The summed E-state index contributed by atoms with van der Waals surface area (Å²) in [6, 6.07) is 13.0. The van der Waals surface area contributed by atoms with Crippen LogP contribution in [0.2, 0.25) is 0 Å². The van der Waals surface area contributed by atoms with E-state index in [1.165, 1.54) is 23.9 Å². The Kier molecular flexibility index (Phi) is 7.61. The lowest BCUT2D eigenvalue weighted by molar-refractivity contribution is -0.274. The summed E-state index contributed by atoms with van der Waals surface area (Å²) in [5.41, 5.74) is 9.65. The standard InChI is InChI=1S/C19H18F3N3O2S/c1-2-12-28-13-17(14-6-4-3-5-7-14)24-25(18(23)26)15-8-10-16(11-9-15)27-19(20,21)22/h1,3-11,17,24H,12-13H2,(H2,23,26). The molecule has 0 aliphatic rings. The molecule has 0 radical (unpaired) electrons. The molecule has 9 heteroatoms. The maximum atomic E-state index is 12.3. The molecule has 1 unspecified atom stereocenters. The van der Waals surface area contributed by atoms with Gasteiger partial charge in [0.25, 0.3) is 0 Å². The lowest BCUT2D eigenvalue weighted by atomic mass is 10.1. The number of amides is 2. The molecule has 0 saturated heterocycles. The second-order valence-electron chi connectivity index (χ2n) is 5.53. The maximum Gasteiger partial charge on any atom is 0.573 e. The van der Waals surface area contributed by atoms with Gasteiger partial charge in [-0.1, -0.05) is 36.3 Å². The van der Waals surface area contributed by atoms with Gasteiger partial charge in [0.1, 0.15) is 5.75 Å². The number of thioether (sulfide) groups is 1. The predicted molar refractivity (Wildman–Crippen MR) is 104 cm³/mol. The number of primary amides is 1. The molecule has 0 heterocycles. The third-order valence-electron chi connectivity index (χ3n) is 3.51. The predicted octanol–water partition coefficient (Wildman–Crippen LogP) is 4.08. The number of carbonyl (C=O) groups excluding carboxylic acids is 1. The van der Waals surface area contributed by atoms with Gasteiger partial charge in [-0.25, -0.2) is 15.2 Å². The fraction of sp³-hybridized carbons (Fsp3) is 0.211. The molecule has 3 N–H and O–H groups in total. The molecular formula is C19H18F3N3O2S. The first-order valence-electron chi connectivity index (χ1n) is 8.08. The molecule has 5 nitrogen and oxygen atoms in total. The van der Waals surface area contributed by atoms with E-state index in [1.54, 1.807) is 0 Å². The number of urea groups is 1. The molecule has 28 heavy (non-hydrogen) atoms. The van der Waals surface area contributed by atoms with E-state index in [4.69, 9.17) is 12.2 Å². The minimum atomic E-state index is -4.80. The second-order valence-corrected chi connectivity index (χ2v) is 6.56. The summed E-state index contributed by atoms with van der Waals surface area (Å²) in [7, 11) is 0. The summed E-state index contributed by atoms with van der Waals surface area (Å²) in [6.07, 6.45) is 0.488. The van der Waals surface area contributed by atoms with Gasteiger partial charge in [-0.15, -0.1) is 31.4 Å². The smallest absolute Gasteiger partial charge is 0.406 e. The van der Waals surface area contributed by atoms with Crippen molar-refractivity contribution in [1.82, 2.24) is 5.43 Å². The Morgan fingerprint density at radius 3 is 2.39 bits per heavy atom. The number of hydrazine groups is 1. The van der Waals surface area contributed by atoms with Crippen LogP contribution in [0, 0.1) is 12.3 Å². The molecule has 2 aromatic rings. The Hall–Kier alpha value is -2.83. The normalized spacial score (nSPS) is 12.1. The molecule has 2 rings (SSSR count). The lowest BCUT2D eigenvalue weighted by Crippen LogP contribution is -2.48. The van der Waals surface area contributed by atoms with Crippen LogP contribution in [-0.4, -0.2) is 23.9 Å². The molecule has 0 aliphatic heterocycles. The van der Waals surface area contributed by atoms with Crippen LogP contribution >= 0.6 is 11.8 Å². The van der Waals surface area contributed by atoms with Gasteiger partial charge >= 0.3 is 12.4 Å². The van der Waals surface area contributed by atoms with Gasteiger partial charge in [-0.05, 0) is 29.8 Å². The monoisotopic (exact) mass is 409 g/mol. The Bertz CT molecular complexity index is 808. The third-order valence-corrected chi connectivity index (χ3v) is 4.45. The number of carbonyl (C=O) groups is 1. The van der Waals surface area contributed by atoms with Crippen LogP contribution in [0.4, 0.5) is 23.7 Å². The van der Waals surface area contributed by atoms with Gasteiger partial charge < -0.3 is 10.5 Å². The summed E-state index contributed by atoms with van der Waals surface area (Å²) >= 11 is 1.49. The van der Waals surface area contributed by atoms with Crippen molar-refractivity contribution in [2.45, 2.75) is 12.4 Å². The highest BCUT2D eigenvalue weighted by Gasteiger charge is 2.31. The van der Waals surface area contributed by atoms with Crippen LogP contribution in [-0.2, 0) is 0 Å². The number of halogens is 3. The van der Waals surface area contributed by atoms with Gasteiger partial charge in [0.05, 0.1) is 17.5 Å². The Labute approximate surface area is 165 Å². The van der Waals surface area contributed by atoms with Gasteiger partial charge in [0.15, 0.2) is 0 Å². The van der Waals surface area contributed by atoms with E-state index in [0.29, 0.717) is 11.5 Å². The fourth-order valence-corrected chi connectivity index (χ4v) is 3.09. The molecule has 2 amide bonds. The summed E-state index contributed by atoms with van der Waals surface area (Å²) in [4.78, 5) is 11.9. The zero-order valence-corrected chi connectivity index (χ0v) is 15.5. The largest absolute Gasteiger partial charge is 0.573 e. The van der Waals surface area contributed by atoms with Crippen LogP contribution < -0.4 is 20.9 Å². The average molecular weight is 409 g/mol. The number of nitrogens with one attached hydrogen (secondary N) is 1. The second kappa shape index (κ2) is 9.92. The first-order valence-corrected chi connectivity index (χ1v) is 9.23. The summed E-state index contributed by atoms with van der Waals surface area (Å²) in [5.74, 6) is 3.17. The number of rotatable bonds is 8. The SMILES string of the molecule is C#CCSCC(NN(C(N)=O)c1ccc(OC(F)(F)F)cc1)c1ccccc1. The molecule has 0 saturated carbocycles. The van der Waals surface area contributed by atoms with Gasteiger partial charge in [-0.2, -0.15) is 0 Å². The Morgan fingerprint density at radius 1 is 1.21 bits per heavy atom. The topological polar surface area (TPSA) is 67.6 Å². The van der Waals surface area contributed by atoms with Gasteiger partial charge in [0.2, 0.25) is 0 Å². The van der Waals surface area contributed by atoms with Crippen molar-refractivity contribution in [2.24, 2.45) is 5.73 Å². The lowest BCUT2D eigenvalue weighted by Gasteiger charge is -2.28. The molecule has 0 fully saturated rings. The quantitative estimate of drug-likeness (QED) is 0.392. The molecule has 0 aliphatic carbocycles. The van der Waals surface area contributed by atoms with Gasteiger partial charge in [0, 0.05) is 5.75 Å². The minimum absolute atomic E-state index is 0.268. The summed E-state index contributed by atoms with van der Waals surface area (Å²) < 4.78 is 40.7. The molecule has 1 atom stereocenters. The molecular weight excluding hydrogens is 391 g/mol. The minimum Gasteiger partial charge on any atom is -0.406 e. The molecule has 148 valence electrons. The summed E-state index contributed by atoms with van der Waals surface area (Å²) in [6.45, 7) is 0. The number of hydrogen-bond acceptors (Lipinski definition) is 4. The zero-order chi connectivity index (χ0) is 20.6. The van der Waals surface area contributed by atoms with E-state index in [0.717, 1.165) is 22.7 Å². The van der Waals surface area contributed by atoms with Crippen molar-refractivity contribution in [3.05, 3.63) is 60.2 Å². The molecule has 0 spiro atoms. The van der Waals surface area contributed by atoms with E-state index in [9.17, 15) is 18.0 Å². The highest BCUT2D eigenvalue weighted by atomic mass is 32.2. The van der Waals surface area contributed by atoms with Gasteiger partial charge in [-0.3, -0.25) is 0 Å². The first-order chi connectivity index (χ1) is 13.3.